The molecule has 1 aromatic rings. The van der Waals surface area contributed by atoms with Crippen molar-refractivity contribution in [3.05, 3.63) is 11.3 Å². The van der Waals surface area contributed by atoms with E-state index < -0.39 is 41.4 Å². The number of amides is 2. The molecule has 32 heavy (non-hydrogen) atoms. The predicted molar refractivity (Wildman–Crippen MR) is 117 cm³/mol. The van der Waals surface area contributed by atoms with Gasteiger partial charge in [0.1, 0.15) is 17.1 Å². The maximum absolute atomic E-state index is 12.6. The number of carboxylic acid groups (broad SMARTS) is 1. The van der Waals surface area contributed by atoms with E-state index in [1.807, 2.05) is 19.0 Å². The van der Waals surface area contributed by atoms with Gasteiger partial charge in [-0.1, -0.05) is 11.8 Å². The molecule has 0 unspecified atom stereocenters. The quantitative estimate of drug-likeness (QED) is 0.170. The van der Waals surface area contributed by atoms with Crippen LogP contribution >= 0.6 is 35.1 Å². The minimum absolute atomic E-state index is 0.0825. The van der Waals surface area contributed by atoms with E-state index >= 15 is 0 Å². The first kappa shape index (κ1) is 24.5. The summed E-state index contributed by atoms with van der Waals surface area (Å²) < 4.78 is 1.65. The number of carboxylic acids is 1. The summed E-state index contributed by atoms with van der Waals surface area (Å²) in [6.07, 6.45) is -0.420. The highest BCUT2D eigenvalue weighted by atomic mass is 35.5. The Labute approximate surface area is 197 Å². The highest BCUT2D eigenvalue weighted by Crippen LogP contribution is 2.41. The fraction of sp³-hybridized carbons (Fsp3) is 0.588. The number of nitrogens with zero attached hydrogens (tertiary/aromatic N) is 6. The number of carbonyl (C=O) groups is 4. The number of likely N-dealkylation sites (N-methyl/N-ethyl adjacent to an activating group) is 1. The molecule has 0 aromatic carbocycles. The van der Waals surface area contributed by atoms with Gasteiger partial charge in [0.25, 0.3) is 5.91 Å². The van der Waals surface area contributed by atoms with Crippen LogP contribution in [0.1, 0.15) is 6.42 Å². The molecule has 0 aliphatic carbocycles. The highest BCUT2D eigenvalue weighted by Gasteiger charge is 2.54. The van der Waals surface area contributed by atoms with Crippen LogP contribution in [0.25, 0.3) is 0 Å². The number of fused-ring (bicyclic) bond motifs is 1. The number of aromatic nitrogens is 4. The summed E-state index contributed by atoms with van der Waals surface area (Å²) in [4.78, 5) is 51.0. The zero-order chi connectivity index (χ0) is 23.4. The van der Waals surface area contributed by atoms with Crippen LogP contribution in [0, 0.1) is 0 Å². The van der Waals surface area contributed by atoms with Crippen molar-refractivity contribution >= 4 is 58.7 Å². The van der Waals surface area contributed by atoms with Crippen LogP contribution in [-0.2, 0) is 25.7 Å². The second-order valence-electron chi connectivity index (χ2n) is 7.34. The van der Waals surface area contributed by atoms with E-state index in [-0.39, 0.29) is 11.6 Å². The number of aliphatic carboxylic acids is 1. The molecule has 1 fully saturated rings. The fourth-order valence-corrected chi connectivity index (χ4v) is 5.61. The summed E-state index contributed by atoms with van der Waals surface area (Å²) in [6.45, 7) is 1.33. The Morgan fingerprint density at radius 3 is 2.78 bits per heavy atom. The lowest BCUT2D eigenvalue weighted by Crippen LogP contribution is -2.70. The number of ketones is 1. The van der Waals surface area contributed by atoms with Crippen molar-refractivity contribution in [1.29, 1.82) is 0 Å². The van der Waals surface area contributed by atoms with Crippen molar-refractivity contribution in [3.63, 3.8) is 0 Å². The largest absolute Gasteiger partial charge is 0.477 e. The van der Waals surface area contributed by atoms with Gasteiger partial charge in [0.15, 0.2) is 5.78 Å². The fourth-order valence-electron chi connectivity index (χ4n) is 3.13. The molecule has 2 aliphatic rings. The molecule has 3 rings (SSSR count). The topological polar surface area (TPSA) is 151 Å². The van der Waals surface area contributed by atoms with E-state index in [0.29, 0.717) is 28.8 Å². The van der Waals surface area contributed by atoms with Crippen LogP contribution in [0.3, 0.4) is 0 Å². The summed E-state index contributed by atoms with van der Waals surface area (Å²) in [5.74, 6) is -2.42. The van der Waals surface area contributed by atoms with Gasteiger partial charge in [-0.2, -0.15) is 0 Å². The minimum Gasteiger partial charge on any atom is -0.477 e. The maximum Gasteiger partial charge on any atom is 0.352 e. The van der Waals surface area contributed by atoms with Crippen molar-refractivity contribution in [1.82, 2.24) is 35.3 Å². The molecule has 2 aliphatic heterocycles. The second kappa shape index (κ2) is 10.6. The lowest BCUT2D eigenvalue weighted by Gasteiger charge is -2.49. The molecular weight excluding hydrogens is 482 g/mol. The molecule has 0 spiro atoms. The number of tetrazole rings is 1. The van der Waals surface area contributed by atoms with Crippen molar-refractivity contribution in [2.45, 2.75) is 29.5 Å². The molecule has 0 saturated carbocycles. The van der Waals surface area contributed by atoms with Gasteiger partial charge in [0, 0.05) is 18.1 Å². The van der Waals surface area contributed by atoms with E-state index in [9.17, 15) is 24.3 Å². The number of hydrogen-bond donors (Lipinski definition) is 2. The van der Waals surface area contributed by atoms with E-state index in [4.69, 9.17) is 11.6 Å². The zero-order valence-corrected chi connectivity index (χ0v) is 19.7. The van der Waals surface area contributed by atoms with Gasteiger partial charge in [0.05, 0.1) is 18.8 Å². The van der Waals surface area contributed by atoms with Crippen LogP contribution < -0.4 is 5.32 Å². The van der Waals surface area contributed by atoms with Gasteiger partial charge >= 0.3 is 5.97 Å². The van der Waals surface area contributed by atoms with Crippen LogP contribution in [-0.4, -0.2) is 108 Å². The molecule has 2 atom stereocenters. The molecule has 0 radical (unpaired) electrons. The molecule has 174 valence electrons. The van der Waals surface area contributed by atoms with Crippen molar-refractivity contribution < 1.29 is 24.3 Å². The average molecular weight is 504 g/mol. The monoisotopic (exact) mass is 503 g/mol. The highest BCUT2D eigenvalue weighted by molar-refractivity contribution is 8.01. The summed E-state index contributed by atoms with van der Waals surface area (Å²) in [5, 5.41) is 23.9. The Balaban J connectivity index is 1.67. The number of carbonyl (C=O) groups excluding carboxylic acids is 3. The molecule has 2 N–H and O–H groups in total. The first-order chi connectivity index (χ1) is 15.2. The molecule has 15 heteroatoms. The number of alkyl halides is 1. The number of halogens is 1. The summed E-state index contributed by atoms with van der Waals surface area (Å²) >= 11 is 8.05. The van der Waals surface area contributed by atoms with Gasteiger partial charge < -0.3 is 15.3 Å². The number of rotatable bonds is 11. The second-order valence-corrected chi connectivity index (χ2v) is 9.65. The smallest absolute Gasteiger partial charge is 0.352 e. The zero-order valence-electron chi connectivity index (χ0n) is 17.4. The molecule has 0 bridgehead atoms. The molecule has 1 saturated heterocycles. The number of β-lactam (4-membered cyclic amide) rings is 1. The van der Waals surface area contributed by atoms with E-state index in [1.165, 1.54) is 28.4 Å². The summed E-state index contributed by atoms with van der Waals surface area (Å²) in [7, 11) is 3.87. The third kappa shape index (κ3) is 5.42. The van der Waals surface area contributed by atoms with E-state index in [0.717, 1.165) is 6.54 Å². The van der Waals surface area contributed by atoms with Gasteiger partial charge in [-0.3, -0.25) is 19.3 Å². The maximum atomic E-state index is 12.6. The van der Waals surface area contributed by atoms with Gasteiger partial charge in [-0.05, 0) is 30.1 Å². The number of thioether (sulfide) groups is 2. The molecule has 12 nitrogen and oxygen atoms in total. The van der Waals surface area contributed by atoms with Crippen LogP contribution in [0.4, 0.5) is 0 Å². The Bertz CT molecular complexity index is 953. The number of Topliss-reactive ketones (excluding diaryl/α,β-unsaturated/α-hetero) is 1. The molecule has 1 aromatic heterocycles. The number of hydrogen-bond acceptors (Lipinski definition) is 10. The third-order valence-electron chi connectivity index (χ3n) is 4.71. The first-order valence-corrected chi connectivity index (χ1v) is 12.1. The molecular formula is C17H22ClN7O5S2. The lowest BCUT2D eigenvalue weighted by atomic mass is 10.0. The Kier molecular flexibility index (Phi) is 8.14. The van der Waals surface area contributed by atoms with Crippen LogP contribution in [0.2, 0.25) is 0 Å². The summed E-state index contributed by atoms with van der Waals surface area (Å²) in [5.41, 5.74) is 0.488. The molecule has 3 heterocycles. The minimum atomic E-state index is -1.21. The Hall–Kier alpha value is -2.16. The van der Waals surface area contributed by atoms with Crippen LogP contribution in [0.15, 0.2) is 16.4 Å². The van der Waals surface area contributed by atoms with E-state index in [1.54, 1.807) is 4.68 Å². The first-order valence-electron chi connectivity index (χ1n) is 9.53. The Morgan fingerprint density at radius 2 is 2.12 bits per heavy atom. The van der Waals surface area contributed by atoms with E-state index in [2.05, 4.69) is 20.8 Å². The average Bonchev–Trinajstić information content (AvgIpc) is 3.20. The van der Waals surface area contributed by atoms with Crippen molar-refractivity contribution in [2.75, 3.05) is 38.0 Å². The third-order valence-corrected chi connectivity index (χ3v) is 7.39. The van der Waals surface area contributed by atoms with Crippen LogP contribution in [0.5, 0.6) is 0 Å². The Morgan fingerprint density at radius 1 is 1.38 bits per heavy atom. The molecule has 2 amide bonds. The summed E-state index contributed by atoms with van der Waals surface area (Å²) in [6, 6.07) is -0.877. The lowest BCUT2D eigenvalue weighted by molar-refractivity contribution is -0.150. The van der Waals surface area contributed by atoms with Crippen molar-refractivity contribution in [3.8, 4) is 0 Å². The van der Waals surface area contributed by atoms with Gasteiger partial charge in [-0.25, -0.2) is 9.48 Å². The predicted octanol–water partition coefficient (Wildman–Crippen LogP) is -0.737. The van der Waals surface area contributed by atoms with Crippen molar-refractivity contribution in [2.24, 2.45) is 0 Å². The van der Waals surface area contributed by atoms with Gasteiger partial charge in [-0.15, -0.1) is 28.5 Å². The van der Waals surface area contributed by atoms with Gasteiger partial charge in [0.2, 0.25) is 11.1 Å². The SMILES string of the molecule is CN(C)CCn1nnnc1SCC1=C(C(=O)O)N2C(=O)[C@@H](NC(=O)CC(=O)CCl)[C@@H]2SC1. The normalized spacial score (nSPS) is 20.2. The number of nitrogens with one attached hydrogen (secondary N) is 1. The standard InChI is InChI=1S/C17H22ClN7O5S2/c1-23(2)3-4-24-17(20-21-22-24)32-8-9-7-31-15-12(19-11(27)5-10(26)6-18)14(28)25(15)13(9)16(29)30/h12,15H,3-8H2,1-2H3,(H,19,27)(H,29,30)/t12-,15+/m1/s1.